The van der Waals surface area contributed by atoms with Gasteiger partial charge in [-0.15, -0.1) is 11.3 Å². The van der Waals surface area contributed by atoms with Gasteiger partial charge in [0.25, 0.3) is 11.6 Å². The summed E-state index contributed by atoms with van der Waals surface area (Å²) in [4.78, 5) is 33.0. The fourth-order valence-corrected chi connectivity index (χ4v) is 4.35. The first-order valence-corrected chi connectivity index (χ1v) is 10.2. The van der Waals surface area contributed by atoms with Crippen LogP contribution in [-0.2, 0) is 11.3 Å². The average molecular weight is 415 g/mol. The Hall–Kier alpha value is -2.82. The van der Waals surface area contributed by atoms with Crippen LogP contribution in [0.15, 0.2) is 29.8 Å². The van der Waals surface area contributed by atoms with Gasteiger partial charge in [-0.2, -0.15) is 0 Å². The van der Waals surface area contributed by atoms with Crippen molar-refractivity contribution in [1.29, 1.82) is 0 Å². The molecule has 2 unspecified atom stereocenters. The predicted molar refractivity (Wildman–Crippen MR) is 110 cm³/mol. The van der Waals surface area contributed by atoms with Gasteiger partial charge in [0.15, 0.2) is 5.13 Å². The molecule has 1 saturated heterocycles. The highest BCUT2D eigenvalue weighted by molar-refractivity contribution is 7.14. The molecule has 4 rings (SSSR count). The third-order valence-corrected chi connectivity index (χ3v) is 5.58. The molecule has 0 spiro atoms. The number of nitrogens with one attached hydrogen (secondary N) is 2. The van der Waals surface area contributed by atoms with Crippen molar-refractivity contribution in [3.8, 4) is 0 Å². The molecule has 3 heterocycles. The molecular weight excluding hydrogens is 394 g/mol. The summed E-state index contributed by atoms with van der Waals surface area (Å²) >= 11 is 1.36. The van der Waals surface area contributed by atoms with E-state index < -0.39 is 4.92 Å². The molecule has 152 valence electrons. The summed E-state index contributed by atoms with van der Waals surface area (Å²) in [6, 6.07) is 4.39. The van der Waals surface area contributed by atoms with Crippen LogP contribution in [0.2, 0.25) is 0 Å². The molecule has 1 aliphatic heterocycles. The van der Waals surface area contributed by atoms with Crippen molar-refractivity contribution in [2.45, 2.75) is 32.6 Å². The smallest absolute Gasteiger partial charge is 0.270 e. The minimum absolute atomic E-state index is 0.0587. The minimum atomic E-state index is -0.478. The Labute approximate surface area is 170 Å². The van der Waals surface area contributed by atoms with Gasteiger partial charge < -0.3 is 9.72 Å². The first-order chi connectivity index (χ1) is 13.9. The highest BCUT2D eigenvalue weighted by Gasteiger charge is 2.23. The van der Waals surface area contributed by atoms with Crippen LogP contribution in [-0.4, -0.2) is 51.0 Å². The van der Waals surface area contributed by atoms with Gasteiger partial charge in [-0.3, -0.25) is 25.1 Å². The van der Waals surface area contributed by atoms with Gasteiger partial charge in [0, 0.05) is 54.2 Å². The third kappa shape index (κ3) is 4.29. The number of fused-ring (bicyclic) bond motifs is 1. The number of nitrogens with zero attached hydrogens (tertiary/aromatic N) is 3. The summed E-state index contributed by atoms with van der Waals surface area (Å²) in [5.41, 5.74) is 1.84. The lowest BCUT2D eigenvalue weighted by molar-refractivity contribution is -0.384. The Kier molecular flexibility index (Phi) is 5.31. The van der Waals surface area contributed by atoms with E-state index in [-0.39, 0.29) is 23.8 Å². The van der Waals surface area contributed by atoms with Crippen LogP contribution in [0.3, 0.4) is 0 Å². The number of H-pyrrole nitrogens is 1. The topological polar surface area (TPSA) is 113 Å². The summed E-state index contributed by atoms with van der Waals surface area (Å²) < 4.78 is 5.75. The first-order valence-electron chi connectivity index (χ1n) is 9.28. The van der Waals surface area contributed by atoms with Crippen molar-refractivity contribution in [3.63, 3.8) is 0 Å². The first kappa shape index (κ1) is 19.5. The van der Waals surface area contributed by atoms with E-state index in [4.69, 9.17) is 4.74 Å². The highest BCUT2D eigenvalue weighted by atomic mass is 32.1. The van der Waals surface area contributed by atoms with Crippen molar-refractivity contribution in [1.82, 2.24) is 14.9 Å². The Morgan fingerprint density at radius 3 is 2.90 bits per heavy atom. The molecule has 3 aromatic rings. The van der Waals surface area contributed by atoms with E-state index >= 15 is 0 Å². The van der Waals surface area contributed by atoms with Gasteiger partial charge >= 0.3 is 0 Å². The fourth-order valence-electron chi connectivity index (χ4n) is 3.65. The van der Waals surface area contributed by atoms with Crippen LogP contribution in [0.5, 0.6) is 0 Å². The third-order valence-electron chi connectivity index (χ3n) is 4.77. The molecule has 0 aliphatic carbocycles. The second-order valence-corrected chi connectivity index (χ2v) is 8.10. The number of hydrogen-bond donors (Lipinski definition) is 2. The summed E-state index contributed by atoms with van der Waals surface area (Å²) in [6.45, 7) is 6.50. The fraction of sp³-hybridized carbons (Fsp3) is 0.368. The number of hydrogen-bond acceptors (Lipinski definition) is 7. The van der Waals surface area contributed by atoms with E-state index in [1.807, 2.05) is 5.38 Å². The Bertz CT molecular complexity index is 1050. The van der Waals surface area contributed by atoms with E-state index in [1.165, 1.54) is 23.5 Å². The minimum Gasteiger partial charge on any atom is -0.373 e. The van der Waals surface area contributed by atoms with Crippen LogP contribution in [0, 0.1) is 10.1 Å². The van der Waals surface area contributed by atoms with E-state index in [0.717, 1.165) is 18.8 Å². The van der Waals surface area contributed by atoms with E-state index in [1.54, 1.807) is 12.3 Å². The number of anilines is 1. The normalized spacial score (nSPS) is 20.1. The molecule has 0 saturated carbocycles. The van der Waals surface area contributed by atoms with Gasteiger partial charge in [0.05, 0.1) is 28.4 Å². The molecule has 29 heavy (non-hydrogen) atoms. The zero-order valence-electron chi connectivity index (χ0n) is 16.0. The number of nitro groups is 1. The maximum Gasteiger partial charge on any atom is 0.270 e. The number of benzene rings is 1. The molecule has 0 radical (unpaired) electrons. The van der Waals surface area contributed by atoms with Crippen LogP contribution >= 0.6 is 11.3 Å². The quantitative estimate of drug-likeness (QED) is 0.488. The summed E-state index contributed by atoms with van der Waals surface area (Å²) in [5, 5.41) is 16.8. The van der Waals surface area contributed by atoms with Gasteiger partial charge in [0.1, 0.15) is 0 Å². The number of nitro benzene ring substituents is 1. The van der Waals surface area contributed by atoms with Gasteiger partial charge in [-0.25, -0.2) is 4.98 Å². The maximum atomic E-state index is 12.7. The lowest BCUT2D eigenvalue weighted by atomic mass is 10.1. The molecule has 0 bridgehead atoms. The molecule has 1 amide bonds. The van der Waals surface area contributed by atoms with Gasteiger partial charge in [-0.05, 0) is 19.9 Å². The number of thiazole rings is 1. The van der Waals surface area contributed by atoms with Crippen molar-refractivity contribution in [2.75, 3.05) is 18.4 Å². The summed E-state index contributed by atoms with van der Waals surface area (Å²) in [5.74, 6) is -0.355. The van der Waals surface area contributed by atoms with E-state index in [0.29, 0.717) is 28.1 Å². The zero-order valence-corrected chi connectivity index (χ0v) is 16.9. The molecular formula is C19H21N5O4S. The lowest BCUT2D eigenvalue weighted by Crippen LogP contribution is -2.44. The number of carbonyl (C=O) groups is 1. The van der Waals surface area contributed by atoms with Crippen molar-refractivity contribution >= 4 is 39.0 Å². The molecule has 1 aliphatic rings. The second-order valence-electron chi connectivity index (χ2n) is 7.24. The molecule has 9 nitrogen and oxygen atoms in total. The monoisotopic (exact) mass is 415 g/mol. The summed E-state index contributed by atoms with van der Waals surface area (Å²) in [6.07, 6.45) is 1.92. The number of amides is 1. The van der Waals surface area contributed by atoms with Crippen LogP contribution in [0.1, 0.15) is 29.9 Å². The predicted octanol–water partition coefficient (Wildman–Crippen LogP) is 3.39. The maximum absolute atomic E-state index is 12.7. The standard InChI is InChI=1S/C19H21N5O4S/c1-11-7-23(8-12(2)28-11)9-13-10-29-19(21-13)22-18(25)16-6-20-17-4-3-14(24(26)27)5-15(16)17/h3-6,10-12,20H,7-9H2,1-2H3,(H,21,22,25). The average Bonchev–Trinajstić information content (AvgIpc) is 3.26. The van der Waals surface area contributed by atoms with Crippen molar-refractivity contribution < 1.29 is 14.5 Å². The molecule has 2 atom stereocenters. The van der Waals surface area contributed by atoms with Gasteiger partial charge in [0.2, 0.25) is 0 Å². The zero-order chi connectivity index (χ0) is 20.5. The van der Waals surface area contributed by atoms with E-state index in [9.17, 15) is 14.9 Å². The number of non-ortho nitro benzene ring substituents is 1. The molecule has 10 heteroatoms. The number of carbonyl (C=O) groups excluding carboxylic acids is 1. The summed E-state index contributed by atoms with van der Waals surface area (Å²) in [7, 11) is 0. The molecule has 2 aromatic heterocycles. The van der Waals surface area contributed by atoms with E-state index in [2.05, 4.69) is 34.0 Å². The number of aromatic amines is 1. The Morgan fingerprint density at radius 2 is 2.17 bits per heavy atom. The Balaban J connectivity index is 1.46. The number of morpholine rings is 1. The number of rotatable bonds is 5. The number of ether oxygens (including phenoxy) is 1. The largest absolute Gasteiger partial charge is 0.373 e. The Morgan fingerprint density at radius 1 is 1.41 bits per heavy atom. The second kappa shape index (κ2) is 7.90. The van der Waals surface area contributed by atoms with Crippen LogP contribution in [0.4, 0.5) is 10.8 Å². The molecule has 1 aromatic carbocycles. The number of aromatic nitrogens is 2. The van der Waals surface area contributed by atoms with Crippen LogP contribution in [0.25, 0.3) is 10.9 Å². The van der Waals surface area contributed by atoms with Gasteiger partial charge in [-0.1, -0.05) is 0 Å². The molecule has 1 fully saturated rings. The van der Waals surface area contributed by atoms with Crippen LogP contribution < -0.4 is 5.32 Å². The molecule has 2 N–H and O–H groups in total. The SMILES string of the molecule is CC1CN(Cc2csc(NC(=O)c3c[nH]c4ccc([N+](=O)[O-])cc34)n2)CC(C)O1. The lowest BCUT2D eigenvalue weighted by Gasteiger charge is -2.34. The van der Waals surface area contributed by atoms with Crippen molar-refractivity contribution in [3.05, 3.63) is 51.1 Å². The van der Waals surface area contributed by atoms with Crippen molar-refractivity contribution in [2.24, 2.45) is 0 Å². The highest BCUT2D eigenvalue weighted by Crippen LogP contribution is 2.25.